The number of rotatable bonds is 12. The van der Waals surface area contributed by atoms with Crippen LogP contribution in [0.15, 0.2) is 78.1 Å². The molecule has 0 bridgehead atoms. The van der Waals surface area contributed by atoms with Gasteiger partial charge in [0.05, 0.1) is 25.5 Å². The molecule has 154 valence electrons. The molecular formula is C23H27FN2O3. The van der Waals surface area contributed by atoms with Gasteiger partial charge in [-0.3, -0.25) is 4.90 Å². The predicted octanol–water partition coefficient (Wildman–Crippen LogP) is 3.83. The Hall–Kier alpha value is -2.67. The van der Waals surface area contributed by atoms with Gasteiger partial charge in [-0.05, 0) is 30.3 Å². The van der Waals surface area contributed by atoms with E-state index in [9.17, 15) is 9.50 Å². The van der Waals surface area contributed by atoms with E-state index in [0.717, 1.165) is 11.5 Å². The molecule has 0 amide bonds. The van der Waals surface area contributed by atoms with Gasteiger partial charge in [0.1, 0.15) is 18.2 Å². The number of aliphatic hydroxyl groups excluding tert-OH is 1. The van der Waals surface area contributed by atoms with Crippen LogP contribution in [0.5, 0.6) is 0 Å². The van der Waals surface area contributed by atoms with Crippen LogP contribution in [-0.4, -0.2) is 40.4 Å². The zero-order chi connectivity index (χ0) is 20.5. The first-order valence-corrected chi connectivity index (χ1v) is 9.64. The lowest BCUT2D eigenvalue weighted by atomic mass is 10.2. The summed E-state index contributed by atoms with van der Waals surface area (Å²) in [7, 11) is 0. The number of hydrogen-bond donors (Lipinski definition) is 1. The Labute approximate surface area is 170 Å². The molecule has 29 heavy (non-hydrogen) atoms. The van der Waals surface area contributed by atoms with Crippen molar-refractivity contribution in [3.05, 3.63) is 96.5 Å². The Kier molecular flexibility index (Phi) is 7.81. The summed E-state index contributed by atoms with van der Waals surface area (Å²) in [5.74, 6) is 0.519. The number of halogens is 1. The topological polar surface area (TPSA) is 50.8 Å². The predicted molar refractivity (Wildman–Crippen MR) is 110 cm³/mol. The summed E-state index contributed by atoms with van der Waals surface area (Å²) in [5, 5.41) is 10.4. The second kappa shape index (κ2) is 10.8. The largest absolute Gasteiger partial charge is 0.467 e. The molecule has 2 heterocycles. The van der Waals surface area contributed by atoms with Crippen LogP contribution in [-0.2, 0) is 24.4 Å². The Morgan fingerprint density at radius 1 is 1.21 bits per heavy atom. The summed E-state index contributed by atoms with van der Waals surface area (Å²) in [6.07, 6.45) is 4.70. The average Bonchev–Trinajstić information content (AvgIpc) is 3.36. The van der Waals surface area contributed by atoms with Gasteiger partial charge in [-0.1, -0.05) is 24.3 Å². The van der Waals surface area contributed by atoms with Crippen LogP contribution in [0, 0.1) is 5.82 Å². The smallest absolute Gasteiger partial charge is 0.129 e. The van der Waals surface area contributed by atoms with E-state index in [0.29, 0.717) is 38.3 Å². The Bertz CT molecular complexity index is 876. The standard InChI is InChI=1S/C23H27FN2O3/c1-2-11-25(16-21(27)17-28-18-22-9-6-13-29-22)15-20-8-5-12-26(20)14-19-7-3-4-10-23(19)24/h2-10,12-13,21,27H,1,11,14-18H2. The van der Waals surface area contributed by atoms with Crippen molar-refractivity contribution >= 4 is 0 Å². The molecule has 1 unspecified atom stereocenters. The monoisotopic (exact) mass is 398 g/mol. The molecule has 1 N–H and O–H groups in total. The summed E-state index contributed by atoms with van der Waals surface area (Å²) < 4.78 is 26.8. The summed E-state index contributed by atoms with van der Waals surface area (Å²) >= 11 is 0. The zero-order valence-electron chi connectivity index (χ0n) is 16.4. The second-order valence-corrected chi connectivity index (χ2v) is 6.95. The van der Waals surface area contributed by atoms with E-state index in [1.54, 1.807) is 30.5 Å². The van der Waals surface area contributed by atoms with Gasteiger partial charge in [0.15, 0.2) is 0 Å². The van der Waals surface area contributed by atoms with Gasteiger partial charge in [-0.2, -0.15) is 0 Å². The van der Waals surface area contributed by atoms with E-state index < -0.39 is 6.10 Å². The van der Waals surface area contributed by atoms with Crippen molar-refractivity contribution < 1.29 is 18.7 Å². The molecule has 6 heteroatoms. The van der Waals surface area contributed by atoms with Crippen molar-refractivity contribution in [3.8, 4) is 0 Å². The minimum absolute atomic E-state index is 0.209. The average molecular weight is 398 g/mol. The van der Waals surface area contributed by atoms with Gasteiger partial charge in [-0.15, -0.1) is 6.58 Å². The highest BCUT2D eigenvalue weighted by Gasteiger charge is 2.14. The maximum Gasteiger partial charge on any atom is 0.129 e. The fourth-order valence-corrected chi connectivity index (χ4v) is 3.21. The number of hydrogen-bond acceptors (Lipinski definition) is 4. The van der Waals surface area contributed by atoms with Crippen LogP contribution in [0.25, 0.3) is 0 Å². The van der Waals surface area contributed by atoms with Crippen molar-refractivity contribution in [1.82, 2.24) is 9.47 Å². The summed E-state index contributed by atoms with van der Waals surface area (Å²) in [6.45, 7) is 6.50. The molecule has 2 aromatic heterocycles. The van der Waals surface area contributed by atoms with E-state index in [4.69, 9.17) is 9.15 Å². The summed E-state index contributed by atoms with van der Waals surface area (Å²) in [4.78, 5) is 2.08. The van der Waals surface area contributed by atoms with Gasteiger partial charge in [0.2, 0.25) is 0 Å². The molecule has 0 spiro atoms. The molecule has 1 atom stereocenters. The number of benzene rings is 1. The first-order valence-electron chi connectivity index (χ1n) is 9.64. The van der Waals surface area contributed by atoms with Crippen LogP contribution in [0.1, 0.15) is 17.0 Å². The molecule has 1 aromatic carbocycles. The highest BCUT2D eigenvalue weighted by Crippen LogP contribution is 2.13. The van der Waals surface area contributed by atoms with Crippen LogP contribution in [0.2, 0.25) is 0 Å². The van der Waals surface area contributed by atoms with Crippen molar-refractivity contribution in [1.29, 1.82) is 0 Å². The van der Waals surface area contributed by atoms with Gasteiger partial charge < -0.3 is 18.8 Å². The fraction of sp³-hybridized carbons (Fsp3) is 0.304. The molecule has 0 saturated heterocycles. The highest BCUT2D eigenvalue weighted by atomic mass is 19.1. The minimum atomic E-state index is -0.639. The first-order chi connectivity index (χ1) is 14.2. The maximum absolute atomic E-state index is 14.0. The van der Waals surface area contributed by atoms with Crippen molar-refractivity contribution in [2.75, 3.05) is 19.7 Å². The zero-order valence-corrected chi connectivity index (χ0v) is 16.4. The van der Waals surface area contributed by atoms with E-state index in [2.05, 4.69) is 11.5 Å². The number of furan rings is 1. The van der Waals surface area contributed by atoms with Gasteiger partial charge >= 0.3 is 0 Å². The van der Waals surface area contributed by atoms with Crippen molar-refractivity contribution in [2.45, 2.75) is 25.8 Å². The van der Waals surface area contributed by atoms with E-state index in [-0.39, 0.29) is 12.4 Å². The second-order valence-electron chi connectivity index (χ2n) is 6.95. The Morgan fingerprint density at radius 2 is 2.07 bits per heavy atom. The van der Waals surface area contributed by atoms with E-state index in [1.807, 2.05) is 35.0 Å². The van der Waals surface area contributed by atoms with Crippen LogP contribution in [0.3, 0.4) is 0 Å². The van der Waals surface area contributed by atoms with Crippen LogP contribution in [0.4, 0.5) is 4.39 Å². The number of nitrogens with zero attached hydrogens (tertiary/aromatic N) is 2. The number of aromatic nitrogens is 1. The third-order valence-corrected chi connectivity index (χ3v) is 4.60. The molecular weight excluding hydrogens is 371 g/mol. The van der Waals surface area contributed by atoms with E-state index >= 15 is 0 Å². The molecule has 3 aromatic rings. The SMILES string of the molecule is C=CCN(Cc1cccn1Cc1ccccc1F)CC(O)COCc1ccco1. The lowest BCUT2D eigenvalue weighted by Gasteiger charge is -2.24. The summed E-state index contributed by atoms with van der Waals surface area (Å²) in [6, 6.07) is 14.4. The van der Waals surface area contributed by atoms with Crippen LogP contribution >= 0.6 is 0 Å². The van der Waals surface area contributed by atoms with E-state index in [1.165, 1.54) is 6.07 Å². The lowest BCUT2D eigenvalue weighted by molar-refractivity contribution is 0.00532. The third-order valence-electron chi connectivity index (χ3n) is 4.60. The molecule has 0 radical (unpaired) electrons. The lowest BCUT2D eigenvalue weighted by Crippen LogP contribution is -2.35. The Balaban J connectivity index is 1.55. The third kappa shape index (κ3) is 6.42. The minimum Gasteiger partial charge on any atom is -0.467 e. The molecule has 0 aliphatic carbocycles. The molecule has 5 nitrogen and oxygen atoms in total. The quantitative estimate of drug-likeness (QED) is 0.471. The van der Waals surface area contributed by atoms with Crippen molar-refractivity contribution in [2.24, 2.45) is 0 Å². The molecule has 3 rings (SSSR count). The van der Waals surface area contributed by atoms with Gasteiger partial charge in [-0.25, -0.2) is 4.39 Å². The van der Waals surface area contributed by atoms with Gasteiger partial charge in [0.25, 0.3) is 0 Å². The molecule has 0 fully saturated rings. The summed E-state index contributed by atoms with van der Waals surface area (Å²) in [5.41, 5.74) is 1.69. The molecule has 0 aliphatic rings. The van der Waals surface area contributed by atoms with Crippen molar-refractivity contribution in [3.63, 3.8) is 0 Å². The first kappa shape index (κ1) is 21.0. The van der Waals surface area contributed by atoms with Crippen LogP contribution < -0.4 is 0 Å². The molecule has 0 saturated carbocycles. The number of ether oxygens (including phenoxy) is 1. The number of aliphatic hydroxyl groups is 1. The maximum atomic E-state index is 14.0. The Morgan fingerprint density at radius 3 is 2.83 bits per heavy atom. The molecule has 0 aliphatic heterocycles. The highest BCUT2D eigenvalue weighted by molar-refractivity contribution is 5.19. The normalized spacial score (nSPS) is 12.4. The van der Waals surface area contributed by atoms with Gasteiger partial charge in [0, 0.05) is 37.1 Å². The fourth-order valence-electron chi connectivity index (χ4n) is 3.21.